The topological polar surface area (TPSA) is 56.7 Å². The van der Waals surface area contributed by atoms with Crippen molar-refractivity contribution in [2.45, 2.75) is 13.0 Å². The quantitative estimate of drug-likeness (QED) is 0.862. The number of aromatic nitrogens is 3. The molecule has 0 aromatic carbocycles. The summed E-state index contributed by atoms with van der Waals surface area (Å²) in [6.07, 6.45) is 0.481. The van der Waals surface area contributed by atoms with E-state index in [0.29, 0.717) is 12.4 Å². The molecule has 2 heterocycles. The lowest BCUT2D eigenvalue weighted by Crippen LogP contribution is -2.02. The summed E-state index contributed by atoms with van der Waals surface area (Å²) in [4.78, 5) is 4.07. The van der Waals surface area contributed by atoms with Crippen molar-refractivity contribution >= 4 is 0 Å². The Balaban J connectivity index is 2.28. The molecule has 0 atom stereocenters. The van der Waals surface area contributed by atoms with Crippen molar-refractivity contribution in [1.29, 1.82) is 0 Å². The van der Waals surface area contributed by atoms with E-state index in [1.54, 1.807) is 18.3 Å². The van der Waals surface area contributed by atoms with Crippen LogP contribution in [-0.4, -0.2) is 14.8 Å². The predicted octanol–water partition coefficient (Wildman–Crippen LogP) is 1.66. The Hall–Kier alpha value is -1.82. The zero-order valence-electron chi connectivity index (χ0n) is 8.35. The van der Waals surface area contributed by atoms with Gasteiger partial charge in [0.1, 0.15) is 5.69 Å². The summed E-state index contributed by atoms with van der Waals surface area (Å²) in [6.45, 7) is 0.397. The molecule has 0 aliphatic rings. The van der Waals surface area contributed by atoms with Gasteiger partial charge < -0.3 is 5.73 Å². The maximum atomic E-state index is 12.3. The Morgan fingerprint density at radius 2 is 2.12 bits per heavy atom. The van der Waals surface area contributed by atoms with Gasteiger partial charge in [-0.25, -0.2) is 18.4 Å². The molecule has 2 aromatic rings. The van der Waals surface area contributed by atoms with Crippen molar-refractivity contribution in [2.75, 3.05) is 0 Å². The standard InChI is InChI=1S/C10H10F2N4/c11-10(12)8-3-4-16(15-8)9-2-1-7(5-13)6-14-9/h1-4,6,10H,5,13H2. The Bertz CT molecular complexity index is 464. The number of pyridine rings is 1. The Kier molecular flexibility index (Phi) is 2.91. The molecule has 0 bridgehead atoms. The van der Waals surface area contributed by atoms with Gasteiger partial charge in [-0.3, -0.25) is 0 Å². The van der Waals surface area contributed by atoms with E-state index in [9.17, 15) is 8.78 Å². The lowest BCUT2D eigenvalue weighted by Gasteiger charge is -2.01. The number of nitrogens with zero attached hydrogens (tertiary/aromatic N) is 3. The molecule has 2 N–H and O–H groups in total. The van der Waals surface area contributed by atoms with Crippen LogP contribution >= 0.6 is 0 Å². The first-order chi connectivity index (χ1) is 7.70. The molecule has 0 unspecified atom stereocenters. The minimum Gasteiger partial charge on any atom is -0.326 e. The zero-order chi connectivity index (χ0) is 11.5. The average Bonchev–Trinajstić information content (AvgIpc) is 2.78. The van der Waals surface area contributed by atoms with Crippen LogP contribution in [0.25, 0.3) is 5.82 Å². The van der Waals surface area contributed by atoms with Crippen LogP contribution in [0.3, 0.4) is 0 Å². The number of nitrogens with two attached hydrogens (primary N) is 1. The van der Waals surface area contributed by atoms with Crippen LogP contribution in [-0.2, 0) is 6.54 Å². The van der Waals surface area contributed by atoms with Crippen LogP contribution < -0.4 is 5.73 Å². The highest BCUT2D eigenvalue weighted by atomic mass is 19.3. The first-order valence-corrected chi connectivity index (χ1v) is 4.70. The number of alkyl halides is 2. The van der Waals surface area contributed by atoms with E-state index in [4.69, 9.17) is 5.73 Å². The predicted molar refractivity (Wildman–Crippen MR) is 54.2 cm³/mol. The highest BCUT2D eigenvalue weighted by Gasteiger charge is 2.11. The summed E-state index contributed by atoms with van der Waals surface area (Å²) >= 11 is 0. The van der Waals surface area contributed by atoms with Crippen LogP contribution in [0.1, 0.15) is 17.7 Å². The summed E-state index contributed by atoms with van der Waals surface area (Å²) < 4.78 is 25.9. The van der Waals surface area contributed by atoms with Gasteiger partial charge in [-0.1, -0.05) is 6.07 Å². The molecule has 2 aromatic heterocycles. The second-order valence-corrected chi connectivity index (χ2v) is 3.21. The van der Waals surface area contributed by atoms with E-state index < -0.39 is 6.43 Å². The molecule has 0 saturated heterocycles. The summed E-state index contributed by atoms with van der Waals surface area (Å²) in [5.74, 6) is 0.490. The molecule has 4 nitrogen and oxygen atoms in total. The number of halogens is 2. The van der Waals surface area contributed by atoms with Crippen molar-refractivity contribution in [3.8, 4) is 5.82 Å². The Morgan fingerprint density at radius 3 is 2.62 bits per heavy atom. The first-order valence-electron chi connectivity index (χ1n) is 4.70. The monoisotopic (exact) mass is 224 g/mol. The zero-order valence-corrected chi connectivity index (χ0v) is 8.35. The van der Waals surface area contributed by atoms with Gasteiger partial charge in [0, 0.05) is 18.9 Å². The highest BCUT2D eigenvalue weighted by molar-refractivity contribution is 5.25. The largest absolute Gasteiger partial charge is 0.326 e. The van der Waals surface area contributed by atoms with Crippen LogP contribution in [0, 0.1) is 0 Å². The highest BCUT2D eigenvalue weighted by Crippen LogP contribution is 2.16. The van der Waals surface area contributed by atoms with Gasteiger partial charge in [0.2, 0.25) is 0 Å². The summed E-state index contributed by atoms with van der Waals surface area (Å²) in [5, 5.41) is 3.71. The number of rotatable bonds is 3. The third-order valence-corrected chi connectivity index (χ3v) is 2.11. The maximum Gasteiger partial charge on any atom is 0.282 e. The van der Waals surface area contributed by atoms with Gasteiger partial charge in [0.05, 0.1) is 0 Å². The molecule has 16 heavy (non-hydrogen) atoms. The summed E-state index contributed by atoms with van der Waals surface area (Å²) in [5.41, 5.74) is 6.04. The summed E-state index contributed by atoms with van der Waals surface area (Å²) in [7, 11) is 0. The maximum absolute atomic E-state index is 12.3. The van der Waals surface area contributed by atoms with Crippen molar-refractivity contribution in [2.24, 2.45) is 5.73 Å². The third-order valence-electron chi connectivity index (χ3n) is 2.11. The molecule has 84 valence electrons. The lowest BCUT2D eigenvalue weighted by atomic mass is 10.3. The van der Waals surface area contributed by atoms with Crippen LogP contribution in [0.2, 0.25) is 0 Å². The van der Waals surface area contributed by atoms with E-state index in [1.807, 2.05) is 0 Å². The van der Waals surface area contributed by atoms with Crippen LogP contribution in [0.4, 0.5) is 8.78 Å². The van der Waals surface area contributed by atoms with Crippen LogP contribution in [0.15, 0.2) is 30.6 Å². The van der Waals surface area contributed by atoms with Gasteiger partial charge in [-0.2, -0.15) is 5.10 Å². The first kappa shape index (κ1) is 10.7. The van der Waals surface area contributed by atoms with Crippen LogP contribution in [0.5, 0.6) is 0 Å². The fraction of sp³-hybridized carbons (Fsp3) is 0.200. The van der Waals surface area contributed by atoms with Crippen molar-refractivity contribution in [3.63, 3.8) is 0 Å². The van der Waals surface area contributed by atoms with Crippen molar-refractivity contribution < 1.29 is 8.78 Å². The smallest absolute Gasteiger partial charge is 0.282 e. The van der Waals surface area contributed by atoms with Gasteiger partial charge in [-0.15, -0.1) is 0 Å². The minimum absolute atomic E-state index is 0.260. The molecule has 0 saturated carbocycles. The van der Waals surface area contributed by atoms with E-state index >= 15 is 0 Å². The SMILES string of the molecule is NCc1ccc(-n2ccc(C(F)F)n2)nc1. The van der Waals surface area contributed by atoms with Gasteiger partial charge in [0.15, 0.2) is 5.82 Å². The second kappa shape index (κ2) is 4.36. The second-order valence-electron chi connectivity index (χ2n) is 3.21. The molecule has 0 amide bonds. The van der Waals surface area contributed by atoms with Gasteiger partial charge >= 0.3 is 0 Å². The molecular formula is C10H10F2N4. The Morgan fingerprint density at radius 1 is 1.31 bits per heavy atom. The lowest BCUT2D eigenvalue weighted by molar-refractivity contribution is 0.145. The molecule has 0 fully saturated rings. The van der Waals surface area contributed by atoms with E-state index in [2.05, 4.69) is 10.1 Å². The van der Waals surface area contributed by atoms with Gasteiger partial charge in [0.25, 0.3) is 6.43 Å². The fourth-order valence-corrected chi connectivity index (χ4v) is 1.25. The number of hydrogen-bond donors (Lipinski definition) is 1. The normalized spacial score (nSPS) is 11.0. The molecule has 2 rings (SSSR count). The van der Waals surface area contributed by atoms with Gasteiger partial charge in [-0.05, 0) is 17.7 Å². The third kappa shape index (κ3) is 2.06. The summed E-state index contributed by atoms with van der Waals surface area (Å²) in [6, 6.07) is 4.74. The average molecular weight is 224 g/mol. The minimum atomic E-state index is -2.57. The molecular weight excluding hydrogens is 214 g/mol. The molecule has 6 heteroatoms. The fourth-order valence-electron chi connectivity index (χ4n) is 1.25. The van der Waals surface area contributed by atoms with Crippen molar-refractivity contribution in [3.05, 3.63) is 41.9 Å². The van der Waals surface area contributed by atoms with E-state index in [1.165, 1.54) is 16.9 Å². The van der Waals surface area contributed by atoms with E-state index in [0.717, 1.165) is 5.56 Å². The molecule has 0 aliphatic carbocycles. The molecule has 0 aliphatic heterocycles. The molecule has 0 radical (unpaired) electrons. The molecule has 0 spiro atoms. The van der Waals surface area contributed by atoms with E-state index in [-0.39, 0.29) is 5.69 Å². The Labute approximate surface area is 90.7 Å². The number of hydrogen-bond acceptors (Lipinski definition) is 3. The van der Waals surface area contributed by atoms with Crippen molar-refractivity contribution in [1.82, 2.24) is 14.8 Å².